The van der Waals surface area contributed by atoms with Gasteiger partial charge in [-0.05, 0) is 69.4 Å². The maximum absolute atomic E-state index is 12.9. The molecule has 0 aliphatic heterocycles. The minimum Gasteiger partial charge on any atom is -0.489 e. The highest BCUT2D eigenvalue weighted by molar-refractivity contribution is 6.32. The van der Waals surface area contributed by atoms with E-state index in [9.17, 15) is 9.90 Å². The van der Waals surface area contributed by atoms with Crippen molar-refractivity contribution in [2.75, 3.05) is 6.61 Å². The Balaban J connectivity index is 1.70. The molecule has 2 N–H and O–H groups in total. The lowest BCUT2D eigenvalue weighted by atomic mass is 9.91. The Labute approximate surface area is 217 Å². The van der Waals surface area contributed by atoms with Crippen LogP contribution in [0.15, 0.2) is 42.6 Å². The lowest BCUT2D eigenvalue weighted by Gasteiger charge is -2.23. The molecule has 188 valence electrons. The number of nitrogens with zero attached hydrogens (tertiary/aromatic N) is 2. The number of amides is 1. The second-order valence-electron chi connectivity index (χ2n) is 9.15. The van der Waals surface area contributed by atoms with Crippen LogP contribution in [-0.2, 0) is 7.05 Å². The zero-order valence-electron chi connectivity index (χ0n) is 20.8. The SMILES string of the molecule is Cc1nc(-c2ccc([C@@H](C)C[C@@H](CCO)NC(=O)c3ccc(OC(C)C)c(Cl)c3)c(Cl)c2)cn1C. The van der Waals surface area contributed by atoms with Crippen molar-refractivity contribution in [3.05, 3.63) is 69.6 Å². The van der Waals surface area contributed by atoms with Gasteiger partial charge in [-0.2, -0.15) is 0 Å². The average molecular weight is 518 g/mol. The Morgan fingerprint density at radius 1 is 1.14 bits per heavy atom. The van der Waals surface area contributed by atoms with E-state index in [0.717, 1.165) is 22.6 Å². The number of nitrogens with one attached hydrogen (secondary N) is 1. The molecule has 35 heavy (non-hydrogen) atoms. The molecule has 8 heteroatoms. The molecular weight excluding hydrogens is 485 g/mol. The highest BCUT2D eigenvalue weighted by atomic mass is 35.5. The van der Waals surface area contributed by atoms with E-state index in [2.05, 4.69) is 17.2 Å². The fourth-order valence-corrected chi connectivity index (χ4v) is 4.59. The summed E-state index contributed by atoms with van der Waals surface area (Å²) in [5, 5.41) is 13.7. The van der Waals surface area contributed by atoms with Gasteiger partial charge in [0, 0.05) is 42.0 Å². The molecule has 0 radical (unpaired) electrons. The van der Waals surface area contributed by atoms with Gasteiger partial charge in [0.25, 0.3) is 5.91 Å². The molecule has 0 bridgehead atoms. The van der Waals surface area contributed by atoms with Crippen LogP contribution in [0.4, 0.5) is 0 Å². The number of rotatable bonds is 10. The van der Waals surface area contributed by atoms with Gasteiger partial charge in [-0.1, -0.05) is 42.3 Å². The van der Waals surface area contributed by atoms with E-state index in [0.29, 0.717) is 34.2 Å². The quantitative estimate of drug-likeness (QED) is 0.337. The molecule has 1 heterocycles. The Kier molecular flexibility index (Phi) is 9.22. The minimum atomic E-state index is -0.249. The van der Waals surface area contributed by atoms with Crippen LogP contribution >= 0.6 is 23.2 Å². The number of carbonyl (C=O) groups is 1. The van der Waals surface area contributed by atoms with Crippen molar-refractivity contribution in [1.29, 1.82) is 0 Å². The standard InChI is InChI=1S/C27H33Cl2N3O3/c1-16(2)35-26-9-7-20(14-24(26)29)27(34)31-21(10-11-33)12-17(3)22-8-6-19(13-23(22)28)25-15-32(5)18(4)30-25/h6-9,13-17,21,33H,10-12H2,1-5H3,(H,31,34)/t17-,21+/m0/s1. The number of aliphatic hydroxyl groups is 1. The normalized spacial score (nSPS) is 13.1. The van der Waals surface area contributed by atoms with Gasteiger partial charge in [-0.15, -0.1) is 0 Å². The van der Waals surface area contributed by atoms with Gasteiger partial charge in [-0.25, -0.2) is 4.98 Å². The first-order valence-corrected chi connectivity index (χ1v) is 12.5. The van der Waals surface area contributed by atoms with Crippen LogP contribution in [0.5, 0.6) is 5.75 Å². The first kappa shape index (κ1) is 27.1. The number of aliphatic hydroxyl groups excluding tert-OH is 1. The average Bonchev–Trinajstić information content (AvgIpc) is 3.13. The Morgan fingerprint density at radius 3 is 2.46 bits per heavy atom. The topological polar surface area (TPSA) is 76.4 Å². The van der Waals surface area contributed by atoms with Crippen LogP contribution in [0.25, 0.3) is 11.3 Å². The van der Waals surface area contributed by atoms with E-state index < -0.39 is 0 Å². The smallest absolute Gasteiger partial charge is 0.251 e. The molecule has 6 nitrogen and oxygen atoms in total. The third-order valence-corrected chi connectivity index (χ3v) is 6.57. The van der Waals surface area contributed by atoms with Gasteiger partial charge >= 0.3 is 0 Å². The number of ether oxygens (including phenoxy) is 1. The monoisotopic (exact) mass is 517 g/mol. The van der Waals surface area contributed by atoms with Crippen molar-refractivity contribution in [2.45, 2.75) is 58.6 Å². The van der Waals surface area contributed by atoms with Crippen molar-refractivity contribution in [2.24, 2.45) is 7.05 Å². The van der Waals surface area contributed by atoms with Gasteiger partial charge in [0.15, 0.2) is 0 Å². The maximum atomic E-state index is 12.9. The third-order valence-electron chi connectivity index (χ3n) is 5.94. The van der Waals surface area contributed by atoms with Crippen LogP contribution in [0, 0.1) is 6.92 Å². The summed E-state index contributed by atoms with van der Waals surface area (Å²) in [7, 11) is 1.96. The summed E-state index contributed by atoms with van der Waals surface area (Å²) in [5.41, 5.74) is 3.25. The lowest BCUT2D eigenvalue weighted by Crippen LogP contribution is -2.36. The number of aromatic nitrogens is 2. The van der Waals surface area contributed by atoms with Gasteiger partial charge in [0.1, 0.15) is 11.6 Å². The highest BCUT2D eigenvalue weighted by Gasteiger charge is 2.20. The van der Waals surface area contributed by atoms with Gasteiger partial charge < -0.3 is 19.7 Å². The van der Waals surface area contributed by atoms with E-state index in [4.69, 9.17) is 27.9 Å². The highest BCUT2D eigenvalue weighted by Crippen LogP contribution is 2.32. The second kappa shape index (κ2) is 11.9. The van der Waals surface area contributed by atoms with Crippen molar-refractivity contribution >= 4 is 29.1 Å². The minimum absolute atomic E-state index is 0.0171. The summed E-state index contributed by atoms with van der Waals surface area (Å²) >= 11 is 13.0. The molecule has 0 spiro atoms. The lowest BCUT2D eigenvalue weighted by molar-refractivity contribution is 0.0926. The second-order valence-corrected chi connectivity index (χ2v) is 9.97. The molecule has 2 aromatic carbocycles. The molecule has 1 aromatic heterocycles. The number of hydrogen-bond acceptors (Lipinski definition) is 4. The molecule has 0 fully saturated rings. The molecular formula is C27H33Cl2N3O3. The number of aryl methyl sites for hydroxylation is 2. The molecule has 0 saturated carbocycles. The van der Waals surface area contributed by atoms with Crippen LogP contribution < -0.4 is 10.1 Å². The van der Waals surface area contributed by atoms with Crippen molar-refractivity contribution in [1.82, 2.24) is 14.9 Å². The first-order chi connectivity index (χ1) is 16.6. The molecule has 2 atom stereocenters. The van der Waals surface area contributed by atoms with E-state index in [1.807, 2.05) is 56.8 Å². The van der Waals surface area contributed by atoms with Crippen molar-refractivity contribution in [3.63, 3.8) is 0 Å². The molecule has 3 rings (SSSR count). The first-order valence-electron chi connectivity index (χ1n) is 11.8. The molecule has 0 aliphatic carbocycles. The van der Waals surface area contributed by atoms with Crippen molar-refractivity contribution in [3.8, 4) is 17.0 Å². The Hall–Kier alpha value is -2.54. The Bertz CT molecular complexity index is 1160. The fraction of sp³-hybridized carbons (Fsp3) is 0.407. The summed E-state index contributed by atoms with van der Waals surface area (Å²) in [4.78, 5) is 17.5. The molecule has 0 unspecified atom stereocenters. The summed E-state index contributed by atoms with van der Waals surface area (Å²) in [6.45, 7) is 7.81. The zero-order chi connectivity index (χ0) is 25.7. The van der Waals surface area contributed by atoms with Crippen LogP contribution in [0.2, 0.25) is 10.0 Å². The van der Waals surface area contributed by atoms with Gasteiger partial charge in [-0.3, -0.25) is 4.79 Å². The van der Waals surface area contributed by atoms with Gasteiger partial charge in [0.2, 0.25) is 0 Å². The van der Waals surface area contributed by atoms with E-state index in [-0.39, 0.29) is 30.6 Å². The van der Waals surface area contributed by atoms with Crippen molar-refractivity contribution < 1.29 is 14.6 Å². The number of imidazole rings is 1. The number of hydrogen-bond donors (Lipinski definition) is 2. The predicted molar refractivity (Wildman–Crippen MR) is 142 cm³/mol. The van der Waals surface area contributed by atoms with Crippen LogP contribution in [0.3, 0.4) is 0 Å². The largest absolute Gasteiger partial charge is 0.489 e. The fourth-order valence-electron chi connectivity index (χ4n) is 4.00. The third kappa shape index (κ3) is 7.00. The molecule has 0 saturated heterocycles. The number of benzene rings is 2. The van der Waals surface area contributed by atoms with Crippen LogP contribution in [-0.4, -0.2) is 39.3 Å². The molecule has 3 aromatic rings. The van der Waals surface area contributed by atoms with E-state index >= 15 is 0 Å². The predicted octanol–water partition coefficient (Wildman–Crippen LogP) is 6.16. The number of halogens is 2. The zero-order valence-corrected chi connectivity index (χ0v) is 22.3. The molecule has 0 aliphatic rings. The summed E-state index contributed by atoms with van der Waals surface area (Å²) in [6, 6.07) is 10.7. The Morgan fingerprint density at radius 2 is 1.89 bits per heavy atom. The summed E-state index contributed by atoms with van der Waals surface area (Å²) in [5.74, 6) is 1.28. The van der Waals surface area contributed by atoms with E-state index in [1.165, 1.54) is 0 Å². The summed E-state index contributed by atoms with van der Waals surface area (Å²) < 4.78 is 7.61. The maximum Gasteiger partial charge on any atom is 0.251 e. The molecule has 1 amide bonds. The van der Waals surface area contributed by atoms with Crippen LogP contribution in [0.1, 0.15) is 61.3 Å². The number of carbonyl (C=O) groups excluding carboxylic acids is 1. The van der Waals surface area contributed by atoms with E-state index in [1.54, 1.807) is 18.2 Å². The van der Waals surface area contributed by atoms with Gasteiger partial charge in [0.05, 0.1) is 16.8 Å². The summed E-state index contributed by atoms with van der Waals surface area (Å²) in [6.07, 6.45) is 3.01.